The van der Waals surface area contributed by atoms with Crippen LogP contribution in [0.15, 0.2) is 35.2 Å². The molecule has 1 fully saturated rings. The highest BCUT2D eigenvalue weighted by molar-refractivity contribution is 7.99. The Labute approximate surface area is 141 Å². The monoisotopic (exact) mass is 351 g/mol. The maximum Gasteiger partial charge on any atom is 0.246 e. The summed E-state index contributed by atoms with van der Waals surface area (Å²) in [6.45, 7) is 4.57. The van der Waals surface area contributed by atoms with Crippen molar-refractivity contribution in [3.05, 3.63) is 47.3 Å². The SMILES string of the molecule is Cc1n[nH]c(C)c1S(=O)(=O)N1CCSC(c2ccccc2)CC1. The molecule has 5 nitrogen and oxygen atoms in total. The molecule has 1 aromatic heterocycles. The van der Waals surface area contributed by atoms with Gasteiger partial charge in [0.15, 0.2) is 0 Å². The first-order valence-corrected chi connectivity index (χ1v) is 10.2. The van der Waals surface area contributed by atoms with Gasteiger partial charge in [-0.05, 0) is 25.8 Å². The van der Waals surface area contributed by atoms with E-state index in [4.69, 9.17) is 0 Å². The van der Waals surface area contributed by atoms with E-state index in [1.165, 1.54) is 5.56 Å². The molecule has 0 radical (unpaired) electrons. The second-order valence-corrected chi connectivity index (χ2v) is 8.91. The predicted octanol–water partition coefficient (Wildman–Crippen LogP) is 2.90. The summed E-state index contributed by atoms with van der Waals surface area (Å²) in [6, 6.07) is 10.3. The molecule has 0 amide bonds. The Kier molecular flexibility index (Phi) is 4.79. The fourth-order valence-electron chi connectivity index (χ4n) is 2.97. The molecule has 1 aromatic carbocycles. The van der Waals surface area contributed by atoms with Crippen LogP contribution in [0.3, 0.4) is 0 Å². The second-order valence-electron chi connectivity index (χ2n) is 5.73. The molecule has 0 bridgehead atoms. The minimum absolute atomic E-state index is 0.334. The zero-order valence-corrected chi connectivity index (χ0v) is 15.0. The highest BCUT2D eigenvalue weighted by Crippen LogP contribution is 2.35. The van der Waals surface area contributed by atoms with Crippen molar-refractivity contribution < 1.29 is 8.42 Å². The van der Waals surface area contributed by atoms with Gasteiger partial charge in [-0.15, -0.1) is 0 Å². The van der Waals surface area contributed by atoms with Crippen molar-refractivity contribution in [1.82, 2.24) is 14.5 Å². The number of nitrogens with one attached hydrogen (secondary N) is 1. The van der Waals surface area contributed by atoms with Crippen molar-refractivity contribution in [2.45, 2.75) is 30.4 Å². The summed E-state index contributed by atoms with van der Waals surface area (Å²) in [5, 5.41) is 7.15. The van der Waals surface area contributed by atoms with E-state index >= 15 is 0 Å². The van der Waals surface area contributed by atoms with Crippen molar-refractivity contribution in [1.29, 1.82) is 0 Å². The number of aromatic amines is 1. The molecule has 1 unspecified atom stereocenters. The molecule has 23 heavy (non-hydrogen) atoms. The van der Waals surface area contributed by atoms with Gasteiger partial charge in [-0.2, -0.15) is 21.2 Å². The van der Waals surface area contributed by atoms with Crippen molar-refractivity contribution in [2.75, 3.05) is 18.8 Å². The van der Waals surface area contributed by atoms with E-state index in [9.17, 15) is 8.42 Å². The van der Waals surface area contributed by atoms with Crippen molar-refractivity contribution in [3.63, 3.8) is 0 Å². The molecule has 1 atom stereocenters. The molecular weight excluding hydrogens is 330 g/mol. The second kappa shape index (κ2) is 6.67. The standard InChI is InChI=1S/C16H21N3O2S2/c1-12-16(13(2)18-17-12)23(20,21)19-9-8-15(22-11-10-19)14-6-4-3-5-7-14/h3-7,15H,8-11H2,1-2H3,(H,17,18). The van der Waals surface area contributed by atoms with Gasteiger partial charge in [-0.25, -0.2) is 8.42 Å². The quantitative estimate of drug-likeness (QED) is 0.923. The first kappa shape index (κ1) is 16.5. The van der Waals surface area contributed by atoms with Crippen LogP contribution >= 0.6 is 11.8 Å². The summed E-state index contributed by atoms with van der Waals surface area (Å²) in [5.41, 5.74) is 2.42. The van der Waals surface area contributed by atoms with Crippen LogP contribution in [0, 0.1) is 13.8 Å². The number of hydrogen-bond donors (Lipinski definition) is 1. The molecule has 2 aromatic rings. The van der Waals surface area contributed by atoms with Gasteiger partial charge in [0.2, 0.25) is 10.0 Å². The number of nitrogens with zero attached hydrogens (tertiary/aromatic N) is 2. The number of thioether (sulfide) groups is 1. The highest BCUT2D eigenvalue weighted by Gasteiger charge is 2.31. The van der Waals surface area contributed by atoms with E-state index in [0.717, 1.165) is 12.2 Å². The summed E-state index contributed by atoms with van der Waals surface area (Å²) in [6.07, 6.45) is 0.823. The average Bonchev–Trinajstić information content (AvgIpc) is 2.76. The fraction of sp³-hybridized carbons (Fsp3) is 0.438. The summed E-state index contributed by atoms with van der Waals surface area (Å²) in [4.78, 5) is 0.334. The molecule has 3 rings (SSSR count). The summed E-state index contributed by atoms with van der Waals surface area (Å²) in [5.74, 6) is 0.800. The zero-order chi connectivity index (χ0) is 16.4. The van der Waals surface area contributed by atoms with Gasteiger partial charge in [0.05, 0.1) is 11.4 Å². The molecule has 0 aliphatic carbocycles. The summed E-state index contributed by atoms with van der Waals surface area (Å²) < 4.78 is 27.5. The number of sulfonamides is 1. The van der Waals surface area contributed by atoms with E-state index in [1.54, 1.807) is 18.2 Å². The lowest BCUT2D eigenvalue weighted by molar-refractivity contribution is 0.427. The lowest BCUT2D eigenvalue weighted by Gasteiger charge is -2.20. The maximum atomic E-state index is 12.9. The van der Waals surface area contributed by atoms with Crippen LogP contribution in [0.25, 0.3) is 0 Å². The van der Waals surface area contributed by atoms with E-state index in [2.05, 4.69) is 22.3 Å². The third-order valence-electron chi connectivity index (χ3n) is 4.13. The van der Waals surface area contributed by atoms with Crippen LogP contribution < -0.4 is 0 Å². The Hall–Kier alpha value is -1.31. The van der Waals surface area contributed by atoms with Crippen LogP contribution in [0.4, 0.5) is 0 Å². The zero-order valence-electron chi connectivity index (χ0n) is 13.3. The van der Waals surface area contributed by atoms with Gasteiger partial charge < -0.3 is 0 Å². The molecule has 1 saturated heterocycles. The van der Waals surface area contributed by atoms with Gasteiger partial charge >= 0.3 is 0 Å². The van der Waals surface area contributed by atoms with Gasteiger partial charge in [-0.1, -0.05) is 30.3 Å². The average molecular weight is 351 g/mol. The van der Waals surface area contributed by atoms with E-state index in [0.29, 0.717) is 34.6 Å². The highest BCUT2D eigenvalue weighted by atomic mass is 32.2. The molecule has 1 N–H and O–H groups in total. The number of hydrogen-bond acceptors (Lipinski definition) is 4. The lowest BCUT2D eigenvalue weighted by atomic mass is 10.1. The molecule has 1 aliphatic heterocycles. The predicted molar refractivity (Wildman–Crippen MR) is 93.1 cm³/mol. The molecule has 2 heterocycles. The lowest BCUT2D eigenvalue weighted by Crippen LogP contribution is -2.33. The third-order valence-corrected chi connectivity index (χ3v) is 7.62. The van der Waals surface area contributed by atoms with Gasteiger partial charge in [0, 0.05) is 24.1 Å². The van der Waals surface area contributed by atoms with Gasteiger partial charge in [-0.3, -0.25) is 5.10 Å². The normalized spacial score (nSPS) is 20.3. The topological polar surface area (TPSA) is 66.1 Å². The minimum atomic E-state index is -3.48. The Morgan fingerprint density at radius 2 is 1.96 bits per heavy atom. The van der Waals surface area contributed by atoms with Crippen molar-refractivity contribution in [3.8, 4) is 0 Å². The van der Waals surface area contributed by atoms with Crippen LogP contribution in [0.5, 0.6) is 0 Å². The molecule has 0 spiro atoms. The Bertz CT molecular complexity index is 752. The smallest absolute Gasteiger partial charge is 0.246 e. The first-order valence-electron chi connectivity index (χ1n) is 7.68. The maximum absolute atomic E-state index is 12.9. The van der Waals surface area contributed by atoms with Crippen LogP contribution in [-0.4, -0.2) is 41.8 Å². The van der Waals surface area contributed by atoms with Gasteiger partial charge in [0.25, 0.3) is 0 Å². The number of H-pyrrole nitrogens is 1. The third kappa shape index (κ3) is 3.32. The number of benzene rings is 1. The van der Waals surface area contributed by atoms with E-state index in [1.807, 2.05) is 30.0 Å². The Morgan fingerprint density at radius 3 is 2.61 bits per heavy atom. The fourth-order valence-corrected chi connectivity index (χ4v) is 6.11. The minimum Gasteiger partial charge on any atom is -0.281 e. The van der Waals surface area contributed by atoms with Crippen LogP contribution in [0.2, 0.25) is 0 Å². The van der Waals surface area contributed by atoms with Crippen LogP contribution in [-0.2, 0) is 10.0 Å². The summed E-state index contributed by atoms with van der Waals surface area (Å²) >= 11 is 1.83. The molecular formula is C16H21N3O2S2. The number of aromatic nitrogens is 2. The number of aryl methyl sites for hydroxylation is 2. The van der Waals surface area contributed by atoms with E-state index < -0.39 is 10.0 Å². The number of rotatable bonds is 3. The van der Waals surface area contributed by atoms with E-state index in [-0.39, 0.29) is 0 Å². The Balaban J connectivity index is 1.80. The van der Waals surface area contributed by atoms with Crippen LogP contribution in [0.1, 0.15) is 28.6 Å². The van der Waals surface area contributed by atoms with Crippen molar-refractivity contribution in [2.24, 2.45) is 0 Å². The molecule has 124 valence electrons. The van der Waals surface area contributed by atoms with Gasteiger partial charge in [0.1, 0.15) is 4.90 Å². The largest absolute Gasteiger partial charge is 0.281 e. The van der Waals surface area contributed by atoms with Crippen molar-refractivity contribution >= 4 is 21.8 Å². The molecule has 0 saturated carbocycles. The summed E-state index contributed by atoms with van der Waals surface area (Å²) in [7, 11) is -3.48. The first-order chi connectivity index (χ1) is 11.0. The molecule has 7 heteroatoms. The Morgan fingerprint density at radius 1 is 1.22 bits per heavy atom. The molecule has 1 aliphatic rings.